The van der Waals surface area contributed by atoms with Crippen molar-refractivity contribution in [3.8, 4) is 6.07 Å². The summed E-state index contributed by atoms with van der Waals surface area (Å²) in [5.41, 5.74) is 3.83. The van der Waals surface area contributed by atoms with Gasteiger partial charge in [0.25, 0.3) is 5.91 Å². The Morgan fingerprint density at radius 2 is 2.00 bits per heavy atom. The number of nitrogens with zero attached hydrogens (tertiary/aromatic N) is 2. The Labute approximate surface area is 185 Å². The van der Waals surface area contributed by atoms with E-state index in [0.29, 0.717) is 29.7 Å². The summed E-state index contributed by atoms with van der Waals surface area (Å²) < 4.78 is 7.08. The van der Waals surface area contributed by atoms with Gasteiger partial charge in [-0.15, -0.1) is 0 Å². The molecule has 7 heteroatoms. The lowest BCUT2D eigenvalue weighted by Gasteiger charge is -2.10. The zero-order valence-electron chi connectivity index (χ0n) is 16.7. The van der Waals surface area contributed by atoms with E-state index in [0.717, 1.165) is 27.7 Å². The number of carbonyl (C=O) groups is 1. The minimum Gasteiger partial charge on any atom is -0.383 e. The van der Waals surface area contributed by atoms with Crippen molar-refractivity contribution >= 4 is 46.1 Å². The molecule has 5 nitrogen and oxygen atoms in total. The van der Waals surface area contributed by atoms with E-state index in [4.69, 9.17) is 27.9 Å². The Morgan fingerprint density at radius 1 is 1.23 bits per heavy atom. The summed E-state index contributed by atoms with van der Waals surface area (Å²) in [5.74, 6) is -0.421. The Balaban J connectivity index is 2.03. The highest BCUT2D eigenvalue weighted by Crippen LogP contribution is 2.30. The number of benzene rings is 2. The van der Waals surface area contributed by atoms with Gasteiger partial charge in [-0.05, 0) is 36.8 Å². The van der Waals surface area contributed by atoms with E-state index in [1.54, 1.807) is 19.3 Å². The molecule has 0 aliphatic carbocycles. The molecule has 3 aromatic rings. The van der Waals surface area contributed by atoms with Gasteiger partial charge in [0, 0.05) is 42.4 Å². The first-order valence-corrected chi connectivity index (χ1v) is 10.1. The number of ether oxygens (including phenoxy) is 1. The average Bonchev–Trinajstić information content (AvgIpc) is 3.00. The van der Waals surface area contributed by atoms with E-state index < -0.39 is 5.91 Å². The van der Waals surface area contributed by atoms with Crippen LogP contribution in [-0.4, -0.2) is 30.7 Å². The van der Waals surface area contributed by atoms with E-state index in [2.05, 4.69) is 9.88 Å². The van der Waals surface area contributed by atoms with Crippen LogP contribution in [0.2, 0.25) is 10.0 Å². The fraction of sp³-hybridized carbons (Fsp3) is 0.217. The number of amides is 1. The Kier molecular flexibility index (Phi) is 7.17. The maximum Gasteiger partial charge on any atom is 0.262 e. The largest absolute Gasteiger partial charge is 0.383 e. The number of nitriles is 1. The number of hydrogen-bond donors (Lipinski definition) is 1. The van der Waals surface area contributed by atoms with E-state index >= 15 is 0 Å². The lowest BCUT2D eigenvalue weighted by molar-refractivity contribution is -0.117. The molecule has 0 unspecified atom stereocenters. The molecule has 0 aliphatic rings. The summed E-state index contributed by atoms with van der Waals surface area (Å²) in [5, 5.41) is 14.2. The third-order valence-electron chi connectivity index (χ3n) is 4.85. The van der Waals surface area contributed by atoms with Gasteiger partial charge in [-0.3, -0.25) is 4.79 Å². The van der Waals surface area contributed by atoms with Crippen LogP contribution in [0.3, 0.4) is 0 Å². The maximum atomic E-state index is 12.4. The molecule has 3 rings (SSSR count). The van der Waals surface area contributed by atoms with Gasteiger partial charge in [-0.2, -0.15) is 5.26 Å². The Bertz CT molecular complexity index is 1160. The predicted molar refractivity (Wildman–Crippen MR) is 121 cm³/mol. The number of aromatic nitrogens is 1. The maximum absolute atomic E-state index is 12.4. The first kappa shape index (κ1) is 21.9. The summed E-state index contributed by atoms with van der Waals surface area (Å²) >= 11 is 12.2. The molecule has 1 amide bonds. The van der Waals surface area contributed by atoms with Gasteiger partial charge in [0.05, 0.1) is 16.7 Å². The van der Waals surface area contributed by atoms with E-state index in [-0.39, 0.29) is 5.57 Å². The number of methoxy groups -OCH3 is 1. The van der Waals surface area contributed by atoms with E-state index in [9.17, 15) is 10.1 Å². The van der Waals surface area contributed by atoms with Crippen LogP contribution in [0.1, 0.15) is 16.8 Å². The summed E-state index contributed by atoms with van der Waals surface area (Å²) in [4.78, 5) is 12.4. The molecule has 0 saturated heterocycles. The van der Waals surface area contributed by atoms with Gasteiger partial charge in [0.15, 0.2) is 0 Å². The number of halogens is 2. The van der Waals surface area contributed by atoms with Crippen molar-refractivity contribution in [3.05, 3.63) is 74.9 Å². The molecule has 0 spiro atoms. The first-order valence-electron chi connectivity index (χ1n) is 9.37. The molecule has 1 heterocycles. The third-order valence-corrected chi connectivity index (χ3v) is 5.59. The second kappa shape index (κ2) is 9.82. The number of nitrogens with one attached hydrogen (secondary N) is 1. The Morgan fingerprint density at radius 3 is 2.70 bits per heavy atom. The van der Waals surface area contributed by atoms with Crippen molar-refractivity contribution < 1.29 is 9.53 Å². The number of rotatable bonds is 7. The van der Waals surface area contributed by atoms with Crippen LogP contribution in [0.15, 0.2) is 48.0 Å². The monoisotopic (exact) mass is 441 g/mol. The van der Waals surface area contributed by atoms with E-state index in [1.165, 1.54) is 0 Å². The van der Waals surface area contributed by atoms with Gasteiger partial charge in [-0.1, -0.05) is 47.5 Å². The molecular weight excluding hydrogens is 421 g/mol. The first-order chi connectivity index (χ1) is 14.5. The van der Waals surface area contributed by atoms with E-state index in [1.807, 2.05) is 49.4 Å². The number of fused-ring (bicyclic) bond motifs is 1. The molecule has 154 valence electrons. The molecule has 0 fully saturated rings. The molecule has 1 aromatic heterocycles. The second-order valence-electron chi connectivity index (χ2n) is 6.77. The fourth-order valence-corrected chi connectivity index (χ4v) is 3.64. The van der Waals surface area contributed by atoms with Crippen molar-refractivity contribution in [2.75, 3.05) is 20.3 Å². The highest BCUT2D eigenvalue weighted by Gasteiger charge is 2.16. The molecule has 0 radical (unpaired) electrons. The highest BCUT2D eigenvalue weighted by atomic mass is 35.5. The average molecular weight is 442 g/mol. The van der Waals surface area contributed by atoms with Crippen LogP contribution < -0.4 is 5.32 Å². The van der Waals surface area contributed by atoms with Gasteiger partial charge < -0.3 is 14.6 Å². The molecule has 2 aromatic carbocycles. The van der Waals surface area contributed by atoms with Crippen LogP contribution in [0, 0.1) is 18.3 Å². The fourth-order valence-electron chi connectivity index (χ4n) is 3.32. The minimum atomic E-state index is -0.421. The topological polar surface area (TPSA) is 67.0 Å². The van der Waals surface area contributed by atoms with Crippen LogP contribution >= 0.6 is 23.2 Å². The molecular formula is C23H21Cl2N3O2. The molecule has 0 atom stereocenters. The van der Waals surface area contributed by atoms with Crippen molar-refractivity contribution in [1.29, 1.82) is 5.26 Å². The summed E-state index contributed by atoms with van der Waals surface area (Å²) in [6.07, 6.45) is 1.64. The molecule has 30 heavy (non-hydrogen) atoms. The van der Waals surface area contributed by atoms with Crippen LogP contribution in [0.25, 0.3) is 17.0 Å². The number of hydrogen-bond acceptors (Lipinski definition) is 3. The molecule has 0 bridgehead atoms. The van der Waals surface area contributed by atoms with Gasteiger partial charge in [0.2, 0.25) is 0 Å². The Hall–Kier alpha value is -2.78. The van der Waals surface area contributed by atoms with Crippen LogP contribution in [0.4, 0.5) is 0 Å². The van der Waals surface area contributed by atoms with Gasteiger partial charge >= 0.3 is 0 Å². The number of para-hydroxylation sites is 1. The van der Waals surface area contributed by atoms with Gasteiger partial charge in [-0.25, -0.2) is 0 Å². The minimum absolute atomic E-state index is 0.0478. The lowest BCUT2D eigenvalue weighted by atomic mass is 10.1. The smallest absolute Gasteiger partial charge is 0.262 e. The van der Waals surface area contributed by atoms with Crippen molar-refractivity contribution in [2.24, 2.45) is 0 Å². The zero-order chi connectivity index (χ0) is 21.7. The summed E-state index contributed by atoms with van der Waals surface area (Å²) in [6, 6.07) is 15.5. The van der Waals surface area contributed by atoms with Crippen LogP contribution in [-0.2, 0) is 16.1 Å². The SMILES string of the molecule is COCCNC(=O)/C(C#N)=C/c1c(C)n(Cc2ccc(Cl)c(Cl)c2)c2ccccc12. The van der Waals surface area contributed by atoms with Crippen molar-refractivity contribution in [3.63, 3.8) is 0 Å². The van der Waals surface area contributed by atoms with Gasteiger partial charge in [0.1, 0.15) is 11.6 Å². The quantitative estimate of drug-likeness (QED) is 0.319. The highest BCUT2D eigenvalue weighted by molar-refractivity contribution is 6.42. The van der Waals surface area contributed by atoms with Crippen molar-refractivity contribution in [2.45, 2.75) is 13.5 Å². The zero-order valence-corrected chi connectivity index (χ0v) is 18.2. The molecule has 1 N–H and O–H groups in total. The number of carbonyl (C=O) groups excluding carboxylic acids is 1. The standard InChI is InChI=1S/C23H21Cl2N3O2/c1-15-19(12-17(13-26)23(29)27-9-10-30-2)18-5-3-4-6-22(18)28(15)14-16-7-8-20(24)21(25)11-16/h3-8,11-12H,9-10,14H2,1-2H3,(H,27,29)/b17-12+. The normalized spacial score (nSPS) is 11.5. The summed E-state index contributed by atoms with van der Waals surface area (Å²) in [7, 11) is 1.55. The molecule has 0 aliphatic heterocycles. The van der Waals surface area contributed by atoms with Crippen molar-refractivity contribution in [1.82, 2.24) is 9.88 Å². The molecule has 0 saturated carbocycles. The predicted octanol–water partition coefficient (Wildman–Crippen LogP) is 4.97. The summed E-state index contributed by atoms with van der Waals surface area (Å²) in [6.45, 7) is 3.28. The third kappa shape index (κ3) is 4.68. The second-order valence-corrected chi connectivity index (χ2v) is 7.58. The lowest BCUT2D eigenvalue weighted by Crippen LogP contribution is -2.27. The van der Waals surface area contributed by atoms with Crippen LogP contribution in [0.5, 0.6) is 0 Å².